The molecule has 4 nitrogen and oxygen atoms in total. The Morgan fingerprint density at radius 1 is 1.25 bits per heavy atom. The fourth-order valence-corrected chi connectivity index (χ4v) is 1.63. The summed E-state index contributed by atoms with van der Waals surface area (Å²) >= 11 is 0. The number of tetrazole rings is 1. The van der Waals surface area contributed by atoms with E-state index in [-0.39, 0.29) is 0 Å². The second-order valence-corrected chi connectivity index (χ2v) is 4.16. The number of aromatic amines is 1. The van der Waals surface area contributed by atoms with Gasteiger partial charge in [-0.2, -0.15) is 0 Å². The first-order valence-corrected chi connectivity index (χ1v) is 5.62. The summed E-state index contributed by atoms with van der Waals surface area (Å²) in [7, 11) is 0. The van der Waals surface area contributed by atoms with Gasteiger partial charge in [0, 0.05) is 5.56 Å². The van der Waals surface area contributed by atoms with Gasteiger partial charge in [-0.15, -0.1) is 5.10 Å². The molecule has 0 spiro atoms. The summed E-state index contributed by atoms with van der Waals surface area (Å²) in [6.07, 6.45) is 2.35. The average molecular weight is 216 g/mol. The van der Waals surface area contributed by atoms with Gasteiger partial charge in [0.25, 0.3) is 0 Å². The van der Waals surface area contributed by atoms with Crippen molar-refractivity contribution in [2.24, 2.45) is 5.92 Å². The maximum Gasteiger partial charge on any atom is 0.179 e. The van der Waals surface area contributed by atoms with Gasteiger partial charge in [-0.05, 0) is 28.3 Å². The van der Waals surface area contributed by atoms with Crippen LogP contribution in [0.25, 0.3) is 11.4 Å². The highest BCUT2D eigenvalue weighted by molar-refractivity contribution is 5.54. The van der Waals surface area contributed by atoms with Crippen molar-refractivity contribution in [2.75, 3.05) is 0 Å². The second-order valence-electron chi connectivity index (χ2n) is 4.16. The third-order valence-corrected chi connectivity index (χ3v) is 2.85. The molecule has 0 aliphatic rings. The van der Waals surface area contributed by atoms with Gasteiger partial charge in [0.1, 0.15) is 0 Å². The molecule has 0 saturated carbocycles. The van der Waals surface area contributed by atoms with Gasteiger partial charge in [-0.3, -0.25) is 0 Å². The van der Waals surface area contributed by atoms with Crippen LogP contribution in [0, 0.1) is 5.92 Å². The van der Waals surface area contributed by atoms with Crippen LogP contribution in [0.15, 0.2) is 24.3 Å². The zero-order chi connectivity index (χ0) is 11.4. The van der Waals surface area contributed by atoms with Crippen molar-refractivity contribution in [1.29, 1.82) is 0 Å². The van der Waals surface area contributed by atoms with E-state index < -0.39 is 0 Å². The largest absolute Gasteiger partial charge is 0.239 e. The van der Waals surface area contributed by atoms with Crippen LogP contribution in [0.2, 0.25) is 0 Å². The van der Waals surface area contributed by atoms with Crippen molar-refractivity contribution in [1.82, 2.24) is 20.6 Å². The van der Waals surface area contributed by atoms with Crippen molar-refractivity contribution < 1.29 is 0 Å². The van der Waals surface area contributed by atoms with Crippen LogP contribution in [0.1, 0.15) is 25.8 Å². The fraction of sp³-hybridized carbons (Fsp3) is 0.417. The zero-order valence-corrected chi connectivity index (χ0v) is 9.64. The van der Waals surface area contributed by atoms with E-state index in [1.54, 1.807) is 0 Å². The molecule has 2 rings (SSSR count). The Bertz CT molecular complexity index is 419. The van der Waals surface area contributed by atoms with E-state index in [1.165, 1.54) is 12.0 Å². The van der Waals surface area contributed by atoms with E-state index in [2.05, 4.69) is 58.7 Å². The number of hydrogen-bond acceptors (Lipinski definition) is 3. The number of hydrogen-bond donors (Lipinski definition) is 1. The highest BCUT2D eigenvalue weighted by Gasteiger charge is 2.03. The maximum absolute atomic E-state index is 3.88. The van der Waals surface area contributed by atoms with E-state index in [0.29, 0.717) is 0 Å². The maximum atomic E-state index is 3.88. The summed E-state index contributed by atoms with van der Waals surface area (Å²) in [5.74, 6) is 1.45. The number of nitrogens with zero attached hydrogens (tertiary/aromatic N) is 3. The summed E-state index contributed by atoms with van der Waals surface area (Å²) in [6, 6.07) is 8.40. The van der Waals surface area contributed by atoms with Gasteiger partial charge in [0.15, 0.2) is 5.82 Å². The molecule has 2 aromatic rings. The van der Waals surface area contributed by atoms with Crippen molar-refractivity contribution >= 4 is 0 Å². The lowest BCUT2D eigenvalue weighted by molar-refractivity contribution is 0.560. The highest BCUT2D eigenvalue weighted by atomic mass is 15.5. The quantitative estimate of drug-likeness (QED) is 0.854. The zero-order valence-electron chi connectivity index (χ0n) is 9.64. The lowest BCUT2D eigenvalue weighted by Crippen LogP contribution is -1.97. The Labute approximate surface area is 95.1 Å². The van der Waals surface area contributed by atoms with Crippen LogP contribution in [0.3, 0.4) is 0 Å². The van der Waals surface area contributed by atoms with Crippen LogP contribution in [0.5, 0.6) is 0 Å². The van der Waals surface area contributed by atoms with E-state index in [9.17, 15) is 0 Å². The number of rotatable bonds is 4. The SMILES string of the molecule is CCC(C)Cc1ccc(-c2nnn[nH]2)cc1. The molecule has 4 heteroatoms. The topological polar surface area (TPSA) is 54.5 Å². The van der Waals surface area contributed by atoms with Crippen molar-refractivity contribution in [2.45, 2.75) is 26.7 Å². The first-order chi connectivity index (χ1) is 7.79. The van der Waals surface area contributed by atoms with Crippen LogP contribution >= 0.6 is 0 Å². The second kappa shape index (κ2) is 4.88. The lowest BCUT2D eigenvalue weighted by atomic mass is 9.98. The number of benzene rings is 1. The molecule has 0 amide bonds. The van der Waals surface area contributed by atoms with Crippen LogP contribution in [-0.2, 0) is 6.42 Å². The highest BCUT2D eigenvalue weighted by Crippen LogP contribution is 2.17. The van der Waals surface area contributed by atoms with E-state index >= 15 is 0 Å². The first kappa shape index (κ1) is 10.8. The monoisotopic (exact) mass is 216 g/mol. The Balaban J connectivity index is 2.11. The third-order valence-electron chi connectivity index (χ3n) is 2.85. The molecule has 1 atom stereocenters. The average Bonchev–Trinajstić information content (AvgIpc) is 2.83. The summed E-state index contributed by atoms with van der Waals surface area (Å²) in [6.45, 7) is 4.49. The molecule has 1 N–H and O–H groups in total. The lowest BCUT2D eigenvalue weighted by Gasteiger charge is -2.08. The minimum absolute atomic E-state index is 0.718. The minimum atomic E-state index is 0.718. The van der Waals surface area contributed by atoms with Gasteiger partial charge >= 0.3 is 0 Å². The van der Waals surface area contributed by atoms with Gasteiger partial charge in [0.2, 0.25) is 0 Å². The molecule has 1 heterocycles. The van der Waals surface area contributed by atoms with Gasteiger partial charge in [-0.25, -0.2) is 5.10 Å². The van der Waals surface area contributed by atoms with E-state index in [4.69, 9.17) is 0 Å². The van der Waals surface area contributed by atoms with Gasteiger partial charge < -0.3 is 0 Å². The van der Waals surface area contributed by atoms with Crippen molar-refractivity contribution in [3.63, 3.8) is 0 Å². The molecule has 0 aliphatic heterocycles. The molecular weight excluding hydrogens is 200 g/mol. The Hall–Kier alpha value is -1.71. The summed E-state index contributed by atoms with van der Waals surface area (Å²) in [4.78, 5) is 0. The molecule has 0 aliphatic carbocycles. The third kappa shape index (κ3) is 2.45. The van der Waals surface area contributed by atoms with Crippen LogP contribution in [0.4, 0.5) is 0 Å². The Kier molecular flexibility index (Phi) is 3.29. The summed E-state index contributed by atoms with van der Waals surface area (Å²) < 4.78 is 0. The normalized spacial score (nSPS) is 12.6. The first-order valence-electron chi connectivity index (χ1n) is 5.62. The smallest absolute Gasteiger partial charge is 0.179 e. The number of H-pyrrole nitrogens is 1. The molecule has 0 saturated heterocycles. The fourth-order valence-electron chi connectivity index (χ4n) is 1.63. The van der Waals surface area contributed by atoms with Crippen LogP contribution in [-0.4, -0.2) is 20.6 Å². The molecule has 1 unspecified atom stereocenters. The number of aromatic nitrogens is 4. The molecule has 16 heavy (non-hydrogen) atoms. The summed E-state index contributed by atoms with van der Waals surface area (Å²) in [5.41, 5.74) is 2.39. The van der Waals surface area contributed by atoms with E-state index in [0.717, 1.165) is 23.7 Å². The predicted molar refractivity (Wildman–Crippen MR) is 62.8 cm³/mol. The molecule has 0 fully saturated rings. The number of nitrogens with one attached hydrogen (secondary N) is 1. The summed E-state index contributed by atoms with van der Waals surface area (Å²) in [5, 5.41) is 13.8. The van der Waals surface area contributed by atoms with Gasteiger partial charge in [0.05, 0.1) is 0 Å². The minimum Gasteiger partial charge on any atom is -0.239 e. The van der Waals surface area contributed by atoms with E-state index in [1.807, 2.05) is 0 Å². The van der Waals surface area contributed by atoms with Crippen molar-refractivity contribution in [3.05, 3.63) is 29.8 Å². The van der Waals surface area contributed by atoms with Crippen molar-refractivity contribution in [3.8, 4) is 11.4 Å². The molecule has 84 valence electrons. The van der Waals surface area contributed by atoms with Crippen LogP contribution < -0.4 is 0 Å². The Morgan fingerprint density at radius 2 is 2.00 bits per heavy atom. The molecular formula is C12H16N4. The molecule has 0 radical (unpaired) electrons. The van der Waals surface area contributed by atoms with Gasteiger partial charge in [-0.1, -0.05) is 44.5 Å². The predicted octanol–water partition coefficient (Wildman–Crippen LogP) is 2.46. The Morgan fingerprint density at radius 3 is 2.56 bits per heavy atom. The molecule has 1 aromatic carbocycles. The molecule has 0 bridgehead atoms. The molecule has 1 aromatic heterocycles. The standard InChI is InChI=1S/C12H16N4/c1-3-9(2)8-10-4-6-11(7-5-10)12-13-15-16-14-12/h4-7,9H,3,8H2,1-2H3,(H,13,14,15,16).